The van der Waals surface area contributed by atoms with Crippen LogP contribution in [0.15, 0.2) is 35.1 Å². The number of aryl methyl sites for hydroxylation is 2. The van der Waals surface area contributed by atoms with Crippen LogP contribution in [0.4, 0.5) is 0 Å². The summed E-state index contributed by atoms with van der Waals surface area (Å²) in [5.41, 5.74) is 2.35. The maximum atomic E-state index is 12.6. The molecule has 122 valence electrons. The fourth-order valence-corrected chi connectivity index (χ4v) is 2.55. The number of aromatic amines is 1. The summed E-state index contributed by atoms with van der Waals surface area (Å²) in [4.78, 5) is 32.7. The monoisotopic (exact) mass is 314 g/mol. The van der Waals surface area contributed by atoms with Crippen molar-refractivity contribution in [1.29, 1.82) is 0 Å². The minimum Gasteiger partial charge on any atom is -0.349 e. The molecule has 0 radical (unpaired) electrons. The number of nitrogens with one attached hydrogen (secondary N) is 2. The third kappa shape index (κ3) is 4.26. The molecule has 6 nitrogen and oxygen atoms in total. The lowest BCUT2D eigenvalue weighted by molar-refractivity contribution is -0.126. The van der Waals surface area contributed by atoms with Crippen molar-refractivity contribution in [3.05, 3.63) is 63.3 Å². The molecule has 0 saturated carbocycles. The van der Waals surface area contributed by atoms with Crippen molar-refractivity contribution in [3.63, 3.8) is 0 Å². The number of benzene rings is 1. The van der Waals surface area contributed by atoms with E-state index in [0.717, 1.165) is 11.1 Å². The SMILES string of the molecule is Cc1nc(CNC(=O)[C@H](c2ccccc2C)N(C)C)cc(=O)[nH]1. The first kappa shape index (κ1) is 16.9. The molecule has 1 atom stereocenters. The summed E-state index contributed by atoms with van der Waals surface area (Å²) in [5.74, 6) is 0.411. The van der Waals surface area contributed by atoms with Gasteiger partial charge in [-0.05, 0) is 39.1 Å². The predicted molar refractivity (Wildman–Crippen MR) is 89.0 cm³/mol. The van der Waals surface area contributed by atoms with Crippen molar-refractivity contribution in [3.8, 4) is 0 Å². The molecule has 1 heterocycles. The molecule has 0 fully saturated rings. The molecule has 0 spiro atoms. The topological polar surface area (TPSA) is 78.1 Å². The second kappa shape index (κ2) is 7.19. The first-order chi connectivity index (χ1) is 10.9. The van der Waals surface area contributed by atoms with Crippen LogP contribution in [-0.4, -0.2) is 34.9 Å². The van der Waals surface area contributed by atoms with Crippen LogP contribution in [0.25, 0.3) is 0 Å². The summed E-state index contributed by atoms with van der Waals surface area (Å²) in [6, 6.07) is 8.82. The summed E-state index contributed by atoms with van der Waals surface area (Å²) in [7, 11) is 3.73. The van der Waals surface area contributed by atoms with E-state index in [1.807, 2.05) is 50.2 Å². The van der Waals surface area contributed by atoms with E-state index in [-0.39, 0.29) is 24.1 Å². The Bertz CT molecular complexity index is 752. The molecule has 1 amide bonds. The number of H-pyrrole nitrogens is 1. The highest BCUT2D eigenvalue weighted by Crippen LogP contribution is 2.21. The van der Waals surface area contributed by atoms with Gasteiger partial charge in [0.05, 0.1) is 12.2 Å². The quantitative estimate of drug-likeness (QED) is 0.872. The minimum absolute atomic E-state index is 0.121. The maximum absolute atomic E-state index is 12.6. The first-order valence-electron chi connectivity index (χ1n) is 7.45. The summed E-state index contributed by atoms with van der Waals surface area (Å²) in [5, 5.41) is 2.86. The van der Waals surface area contributed by atoms with Crippen LogP contribution in [0.3, 0.4) is 0 Å². The maximum Gasteiger partial charge on any atom is 0.251 e. The average Bonchev–Trinajstić information content (AvgIpc) is 2.46. The molecule has 0 aliphatic rings. The third-order valence-corrected chi connectivity index (χ3v) is 3.60. The van der Waals surface area contributed by atoms with Gasteiger partial charge in [0.2, 0.25) is 5.91 Å². The molecule has 0 saturated heterocycles. The highest BCUT2D eigenvalue weighted by atomic mass is 16.2. The number of hydrogen-bond donors (Lipinski definition) is 2. The van der Waals surface area contributed by atoms with Gasteiger partial charge in [0.25, 0.3) is 5.56 Å². The van der Waals surface area contributed by atoms with Gasteiger partial charge in [-0.3, -0.25) is 14.5 Å². The normalized spacial score (nSPS) is 12.2. The number of likely N-dealkylation sites (N-methyl/N-ethyl adjacent to an activating group) is 1. The van der Waals surface area contributed by atoms with Gasteiger partial charge in [-0.2, -0.15) is 0 Å². The van der Waals surface area contributed by atoms with Gasteiger partial charge >= 0.3 is 0 Å². The van der Waals surface area contributed by atoms with Crippen LogP contribution in [0.5, 0.6) is 0 Å². The minimum atomic E-state index is -0.390. The molecule has 0 aliphatic heterocycles. The number of carbonyl (C=O) groups is 1. The van der Waals surface area contributed by atoms with Crippen molar-refractivity contribution in [2.24, 2.45) is 0 Å². The van der Waals surface area contributed by atoms with E-state index in [2.05, 4.69) is 15.3 Å². The Hall–Kier alpha value is -2.47. The van der Waals surface area contributed by atoms with Crippen molar-refractivity contribution in [2.75, 3.05) is 14.1 Å². The molecular formula is C17H22N4O2. The Morgan fingerprint density at radius 2 is 2.00 bits per heavy atom. The lowest BCUT2D eigenvalue weighted by Gasteiger charge is -2.25. The van der Waals surface area contributed by atoms with Crippen molar-refractivity contribution < 1.29 is 4.79 Å². The molecule has 1 aromatic heterocycles. The molecule has 2 aromatic rings. The molecular weight excluding hydrogens is 292 g/mol. The first-order valence-corrected chi connectivity index (χ1v) is 7.45. The van der Waals surface area contributed by atoms with Crippen molar-refractivity contribution in [2.45, 2.75) is 26.4 Å². The number of amides is 1. The van der Waals surface area contributed by atoms with Gasteiger partial charge in [-0.25, -0.2) is 4.98 Å². The van der Waals surface area contributed by atoms with Gasteiger partial charge in [-0.15, -0.1) is 0 Å². The highest BCUT2D eigenvalue weighted by Gasteiger charge is 2.24. The molecule has 23 heavy (non-hydrogen) atoms. The third-order valence-electron chi connectivity index (χ3n) is 3.60. The highest BCUT2D eigenvalue weighted by molar-refractivity contribution is 5.83. The smallest absolute Gasteiger partial charge is 0.251 e. The lowest BCUT2D eigenvalue weighted by atomic mass is 10.00. The molecule has 2 N–H and O–H groups in total. The number of carbonyl (C=O) groups excluding carboxylic acids is 1. The molecule has 0 bridgehead atoms. The summed E-state index contributed by atoms with van der Waals surface area (Å²) in [6.45, 7) is 3.92. The summed E-state index contributed by atoms with van der Waals surface area (Å²) in [6.07, 6.45) is 0. The summed E-state index contributed by atoms with van der Waals surface area (Å²) >= 11 is 0. The van der Waals surface area contributed by atoms with Gasteiger partial charge in [0.15, 0.2) is 0 Å². The van der Waals surface area contributed by atoms with Crippen LogP contribution < -0.4 is 10.9 Å². The van der Waals surface area contributed by atoms with E-state index in [9.17, 15) is 9.59 Å². The second-order valence-corrected chi connectivity index (χ2v) is 5.76. The Labute approximate surface area is 135 Å². The molecule has 1 aromatic carbocycles. The van der Waals surface area contributed by atoms with Crippen LogP contribution in [-0.2, 0) is 11.3 Å². The summed E-state index contributed by atoms with van der Waals surface area (Å²) < 4.78 is 0. The molecule has 6 heteroatoms. The van der Waals surface area contributed by atoms with Crippen LogP contribution in [0, 0.1) is 13.8 Å². The molecule has 0 aliphatic carbocycles. The van der Waals surface area contributed by atoms with E-state index >= 15 is 0 Å². The Balaban J connectivity index is 2.16. The number of aromatic nitrogens is 2. The van der Waals surface area contributed by atoms with Crippen LogP contribution in [0.1, 0.15) is 28.7 Å². The predicted octanol–water partition coefficient (Wildman–Crippen LogP) is 1.31. The largest absolute Gasteiger partial charge is 0.349 e. The molecule has 2 rings (SSSR count). The lowest BCUT2D eigenvalue weighted by Crippen LogP contribution is -2.37. The van der Waals surface area contributed by atoms with Crippen molar-refractivity contribution >= 4 is 5.91 Å². The van der Waals surface area contributed by atoms with E-state index in [1.165, 1.54) is 6.07 Å². The Kier molecular flexibility index (Phi) is 5.28. The number of nitrogens with zero attached hydrogens (tertiary/aromatic N) is 2. The van der Waals surface area contributed by atoms with Crippen LogP contribution >= 0.6 is 0 Å². The van der Waals surface area contributed by atoms with Gasteiger partial charge in [0.1, 0.15) is 11.9 Å². The number of rotatable bonds is 5. The Morgan fingerprint density at radius 1 is 1.30 bits per heavy atom. The van der Waals surface area contributed by atoms with E-state index in [0.29, 0.717) is 11.5 Å². The number of hydrogen-bond acceptors (Lipinski definition) is 4. The second-order valence-electron chi connectivity index (χ2n) is 5.76. The van der Waals surface area contributed by atoms with E-state index < -0.39 is 0 Å². The van der Waals surface area contributed by atoms with Gasteiger partial charge < -0.3 is 10.3 Å². The van der Waals surface area contributed by atoms with Gasteiger partial charge in [0, 0.05) is 6.07 Å². The fraction of sp³-hybridized carbons (Fsp3) is 0.353. The fourth-order valence-electron chi connectivity index (χ4n) is 2.55. The van der Waals surface area contributed by atoms with E-state index in [1.54, 1.807) is 6.92 Å². The van der Waals surface area contributed by atoms with Gasteiger partial charge in [-0.1, -0.05) is 24.3 Å². The molecule has 0 unspecified atom stereocenters. The zero-order valence-electron chi connectivity index (χ0n) is 13.9. The average molecular weight is 314 g/mol. The Morgan fingerprint density at radius 3 is 2.61 bits per heavy atom. The van der Waals surface area contributed by atoms with Crippen LogP contribution in [0.2, 0.25) is 0 Å². The zero-order valence-corrected chi connectivity index (χ0v) is 13.9. The van der Waals surface area contributed by atoms with E-state index in [4.69, 9.17) is 0 Å². The standard InChI is InChI=1S/C17H22N4O2/c1-11-7-5-6-8-14(11)16(21(3)4)17(23)18-10-13-9-15(22)20-12(2)19-13/h5-9,16H,10H2,1-4H3,(H,18,23)(H,19,20,22)/t16-/m0/s1. The zero-order chi connectivity index (χ0) is 17.0. The van der Waals surface area contributed by atoms with Crippen molar-refractivity contribution in [1.82, 2.24) is 20.2 Å².